The summed E-state index contributed by atoms with van der Waals surface area (Å²) >= 11 is 3.41. The van der Waals surface area contributed by atoms with E-state index < -0.39 is 0 Å². The van der Waals surface area contributed by atoms with E-state index in [0.29, 0.717) is 5.75 Å². The summed E-state index contributed by atoms with van der Waals surface area (Å²) in [5.74, 6) is 0.308. The fourth-order valence-electron chi connectivity index (χ4n) is 1.93. The van der Waals surface area contributed by atoms with E-state index in [0.717, 1.165) is 20.9 Å². The second-order valence-corrected chi connectivity index (χ2v) is 4.60. The number of hydrogen-bond acceptors (Lipinski definition) is 1. The molecule has 0 aliphatic rings. The highest BCUT2D eigenvalue weighted by molar-refractivity contribution is 9.10. The molecule has 86 valence electrons. The first-order chi connectivity index (χ1) is 7.75. The maximum Gasteiger partial charge on any atom is 0.222 e. The zero-order chi connectivity index (χ0) is 11.1. The molecule has 2 aromatic heterocycles. The lowest BCUT2D eigenvalue weighted by Gasteiger charge is -2.00. The molecule has 0 saturated carbocycles. The molecule has 0 radical (unpaired) electrons. The van der Waals surface area contributed by atoms with Crippen LogP contribution in [0.2, 0.25) is 0 Å². The smallest absolute Gasteiger partial charge is 0.222 e. The van der Waals surface area contributed by atoms with Gasteiger partial charge in [0.1, 0.15) is 5.75 Å². The number of aromatic hydroxyl groups is 1. The Labute approximate surface area is 113 Å². The van der Waals surface area contributed by atoms with Gasteiger partial charge in [-0.2, -0.15) is 4.40 Å². The summed E-state index contributed by atoms with van der Waals surface area (Å²) in [7, 11) is 0. The van der Waals surface area contributed by atoms with Crippen molar-refractivity contribution in [2.45, 2.75) is 0 Å². The van der Waals surface area contributed by atoms with Crippen molar-refractivity contribution in [2.24, 2.45) is 0 Å². The van der Waals surface area contributed by atoms with Gasteiger partial charge in [0.25, 0.3) is 0 Å². The third kappa shape index (κ3) is 1.96. The topological polar surface area (TPSA) is 24.3 Å². The lowest BCUT2D eigenvalue weighted by molar-refractivity contribution is -0.481. The minimum absolute atomic E-state index is 0. The monoisotopic (exact) mass is 309 g/mol. The van der Waals surface area contributed by atoms with Crippen molar-refractivity contribution in [3.05, 3.63) is 53.1 Å². The zero-order valence-electron chi connectivity index (χ0n) is 8.77. The van der Waals surface area contributed by atoms with Gasteiger partial charge in [0.15, 0.2) is 6.20 Å². The maximum atomic E-state index is 9.96. The van der Waals surface area contributed by atoms with Crippen molar-refractivity contribution in [1.82, 2.24) is 0 Å². The van der Waals surface area contributed by atoms with Gasteiger partial charge >= 0.3 is 0 Å². The molecule has 0 saturated heterocycles. The second kappa shape index (κ2) is 4.51. The summed E-state index contributed by atoms with van der Waals surface area (Å²) in [4.78, 5) is 0. The Morgan fingerprint density at radius 3 is 2.71 bits per heavy atom. The van der Waals surface area contributed by atoms with Gasteiger partial charge in [-0.05, 0) is 18.2 Å². The molecule has 2 nitrogen and oxygen atoms in total. The van der Waals surface area contributed by atoms with E-state index in [4.69, 9.17) is 0 Å². The summed E-state index contributed by atoms with van der Waals surface area (Å²) in [5.41, 5.74) is 1.98. The third-order valence-corrected chi connectivity index (χ3v) is 3.16. The Morgan fingerprint density at radius 1 is 1.06 bits per heavy atom. The maximum absolute atomic E-state index is 9.96. The minimum atomic E-state index is 0. The van der Waals surface area contributed by atoms with Crippen LogP contribution in [0.25, 0.3) is 16.4 Å². The van der Waals surface area contributed by atoms with E-state index in [9.17, 15) is 5.11 Å². The normalized spacial score (nSPS) is 10.4. The van der Waals surface area contributed by atoms with E-state index >= 15 is 0 Å². The quantitative estimate of drug-likeness (QED) is 0.460. The predicted molar refractivity (Wildman–Crippen MR) is 66.5 cm³/mol. The molecule has 2 heterocycles. The Bertz CT molecular complexity index is 699. The molecule has 0 atom stereocenters. The molecular formula is C13H9BrClNO. The molecule has 3 rings (SSSR count). The van der Waals surface area contributed by atoms with Crippen molar-refractivity contribution >= 4 is 32.3 Å². The molecule has 17 heavy (non-hydrogen) atoms. The standard InChI is InChI=1S/C13H8BrNO.ClH/c14-9-4-5-12-11(7-9)13(16)8-10-3-1-2-6-15(10)12;/h1-8H;1H. The van der Waals surface area contributed by atoms with E-state index in [-0.39, 0.29) is 12.4 Å². The van der Waals surface area contributed by atoms with Crippen molar-refractivity contribution in [3.8, 4) is 5.75 Å². The number of aromatic nitrogens is 1. The summed E-state index contributed by atoms with van der Waals surface area (Å²) in [6.45, 7) is 0. The van der Waals surface area contributed by atoms with Gasteiger partial charge in [0.05, 0.1) is 11.5 Å². The second-order valence-electron chi connectivity index (χ2n) is 3.69. The number of hydrogen-bond donors (Lipinski definition) is 1. The van der Waals surface area contributed by atoms with Crippen LogP contribution in [0.4, 0.5) is 0 Å². The average Bonchev–Trinajstić information content (AvgIpc) is 2.29. The molecule has 0 spiro atoms. The molecule has 3 aromatic rings. The molecule has 0 fully saturated rings. The van der Waals surface area contributed by atoms with Gasteiger partial charge in [-0.3, -0.25) is 0 Å². The Morgan fingerprint density at radius 2 is 1.88 bits per heavy atom. The van der Waals surface area contributed by atoms with Crippen molar-refractivity contribution in [3.63, 3.8) is 0 Å². The Balaban J connectivity index is 0.00000108. The molecule has 0 unspecified atom stereocenters. The van der Waals surface area contributed by atoms with E-state index in [2.05, 4.69) is 20.3 Å². The van der Waals surface area contributed by atoms with Crippen LogP contribution in [0, 0.1) is 0 Å². The van der Waals surface area contributed by atoms with Crippen LogP contribution in [-0.2, 0) is 0 Å². The Kier molecular flexibility index (Phi) is 3.22. The van der Waals surface area contributed by atoms with Gasteiger partial charge in [-0.25, -0.2) is 0 Å². The lowest BCUT2D eigenvalue weighted by atomic mass is 10.2. The SMILES string of the molecule is Oc1cc2cccc[n+]2c2ccc(Br)cc12.[Cl-]. The highest BCUT2D eigenvalue weighted by Gasteiger charge is 2.12. The number of pyridine rings is 2. The van der Waals surface area contributed by atoms with Crippen LogP contribution in [0.5, 0.6) is 5.75 Å². The molecule has 0 aliphatic heterocycles. The number of fused-ring (bicyclic) bond motifs is 3. The van der Waals surface area contributed by atoms with Crippen molar-refractivity contribution < 1.29 is 21.9 Å². The van der Waals surface area contributed by atoms with Crippen LogP contribution in [-0.4, -0.2) is 5.11 Å². The fourth-order valence-corrected chi connectivity index (χ4v) is 2.30. The summed E-state index contributed by atoms with van der Waals surface area (Å²) in [6, 6.07) is 13.6. The molecule has 4 heteroatoms. The lowest BCUT2D eigenvalue weighted by Crippen LogP contribution is -3.00. The molecule has 0 bridgehead atoms. The van der Waals surface area contributed by atoms with Crippen LogP contribution < -0.4 is 16.8 Å². The van der Waals surface area contributed by atoms with Crippen LogP contribution in [0.3, 0.4) is 0 Å². The van der Waals surface area contributed by atoms with E-state index in [1.54, 1.807) is 6.07 Å². The molecular weight excluding hydrogens is 302 g/mol. The van der Waals surface area contributed by atoms with Crippen molar-refractivity contribution in [2.75, 3.05) is 0 Å². The predicted octanol–water partition coefficient (Wildman–Crippen LogP) is 0.0506. The number of benzene rings is 1. The first-order valence-electron chi connectivity index (χ1n) is 4.97. The van der Waals surface area contributed by atoms with Gasteiger partial charge in [0.2, 0.25) is 11.0 Å². The van der Waals surface area contributed by atoms with Crippen LogP contribution in [0.15, 0.2) is 53.1 Å². The largest absolute Gasteiger partial charge is 1.00 e. The molecule has 0 aliphatic carbocycles. The van der Waals surface area contributed by atoms with Crippen molar-refractivity contribution in [1.29, 1.82) is 0 Å². The van der Waals surface area contributed by atoms with Crippen LogP contribution in [0.1, 0.15) is 0 Å². The summed E-state index contributed by atoms with van der Waals surface area (Å²) in [6.07, 6.45) is 1.99. The zero-order valence-corrected chi connectivity index (χ0v) is 11.1. The highest BCUT2D eigenvalue weighted by atomic mass is 79.9. The first-order valence-corrected chi connectivity index (χ1v) is 5.77. The fraction of sp³-hybridized carbons (Fsp3) is 0. The van der Waals surface area contributed by atoms with Gasteiger partial charge < -0.3 is 17.5 Å². The van der Waals surface area contributed by atoms with Gasteiger partial charge in [-0.15, -0.1) is 0 Å². The highest BCUT2D eigenvalue weighted by Crippen LogP contribution is 2.26. The number of halogens is 2. The van der Waals surface area contributed by atoms with Crippen LogP contribution >= 0.6 is 15.9 Å². The number of nitrogens with zero attached hydrogens (tertiary/aromatic N) is 1. The van der Waals surface area contributed by atoms with E-state index in [1.807, 2.05) is 42.6 Å². The molecule has 0 amide bonds. The van der Waals surface area contributed by atoms with E-state index in [1.165, 1.54) is 0 Å². The summed E-state index contributed by atoms with van der Waals surface area (Å²) < 4.78 is 3.02. The third-order valence-electron chi connectivity index (χ3n) is 2.67. The minimum Gasteiger partial charge on any atom is -1.00 e. The average molecular weight is 311 g/mol. The molecule has 1 N–H and O–H groups in total. The summed E-state index contributed by atoms with van der Waals surface area (Å²) in [5, 5.41) is 10.8. The van der Waals surface area contributed by atoms with Gasteiger partial charge in [-0.1, -0.05) is 15.9 Å². The number of rotatable bonds is 0. The first kappa shape index (κ1) is 12.1. The molecule has 1 aromatic carbocycles. The Hall–Kier alpha value is -1.32. The van der Waals surface area contributed by atoms with Gasteiger partial charge in [0, 0.05) is 22.7 Å².